The van der Waals surface area contributed by atoms with Crippen molar-refractivity contribution in [2.45, 2.75) is 56.7 Å². The first-order valence-corrected chi connectivity index (χ1v) is 12.7. The van der Waals surface area contributed by atoms with E-state index in [4.69, 9.17) is 0 Å². The third kappa shape index (κ3) is 6.26. The molecule has 1 aliphatic heterocycles. The van der Waals surface area contributed by atoms with Gasteiger partial charge in [0, 0.05) is 62.7 Å². The molecule has 3 aromatic rings. The van der Waals surface area contributed by atoms with E-state index in [0.717, 1.165) is 41.3 Å². The van der Waals surface area contributed by atoms with E-state index in [0.29, 0.717) is 31.8 Å². The number of amides is 2. The van der Waals surface area contributed by atoms with Gasteiger partial charge >= 0.3 is 0 Å². The van der Waals surface area contributed by atoms with Crippen molar-refractivity contribution in [1.82, 2.24) is 30.5 Å². The number of imidazole rings is 1. The summed E-state index contributed by atoms with van der Waals surface area (Å²) in [6, 6.07) is 7.61. The van der Waals surface area contributed by atoms with Gasteiger partial charge in [0.05, 0.1) is 17.9 Å². The number of aromatic nitrogens is 3. The molecule has 0 aliphatic carbocycles. The van der Waals surface area contributed by atoms with Crippen LogP contribution in [0, 0.1) is 0 Å². The molecular formula is C27H35FN6O2. The normalized spacial score (nSPS) is 16.5. The molecule has 4 rings (SSSR count). The number of hydrogen-bond acceptors (Lipinski definition) is 5. The topological polar surface area (TPSA) is 103 Å². The lowest BCUT2D eigenvalue weighted by Crippen LogP contribution is -2.51. The van der Waals surface area contributed by atoms with Gasteiger partial charge in [-0.2, -0.15) is 0 Å². The fraction of sp³-hybridized carbons (Fsp3) is 0.481. The highest BCUT2D eigenvalue weighted by molar-refractivity contribution is 5.86. The molecule has 1 aliphatic rings. The number of pyridine rings is 1. The lowest BCUT2D eigenvalue weighted by atomic mass is 9.92. The van der Waals surface area contributed by atoms with Gasteiger partial charge in [-0.05, 0) is 37.4 Å². The minimum Gasteiger partial charge on any atom is -0.359 e. The Morgan fingerprint density at radius 2 is 1.94 bits per heavy atom. The first kappa shape index (κ1) is 25.8. The van der Waals surface area contributed by atoms with Crippen LogP contribution in [0.25, 0.3) is 22.0 Å². The Hall–Kier alpha value is -3.33. The summed E-state index contributed by atoms with van der Waals surface area (Å²) in [6.45, 7) is 1.10. The van der Waals surface area contributed by atoms with E-state index in [1.54, 1.807) is 19.4 Å². The van der Waals surface area contributed by atoms with Crippen LogP contribution >= 0.6 is 0 Å². The van der Waals surface area contributed by atoms with Crippen LogP contribution in [0.1, 0.15) is 56.8 Å². The molecule has 8 nitrogen and oxygen atoms in total. The number of hydrogen-bond donors (Lipinski definition) is 3. The van der Waals surface area contributed by atoms with Gasteiger partial charge in [0.2, 0.25) is 5.91 Å². The lowest BCUT2D eigenvalue weighted by Gasteiger charge is -2.34. The van der Waals surface area contributed by atoms with Crippen LogP contribution in [0.5, 0.6) is 0 Å². The SMILES string of the molecule is CNC(=O)CCCCC[C@H](NC(=O)C1(F)CCN(C)CC1)c1ncc(-c2ccc3ccncc3c2)[nH]1. The summed E-state index contributed by atoms with van der Waals surface area (Å²) in [6.07, 6.45) is 9.14. The van der Waals surface area contributed by atoms with Gasteiger partial charge in [-0.1, -0.05) is 25.0 Å². The zero-order chi connectivity index (χ0) is 25.5. The highest BCUT2D eigenvalue weighted by Crippen LogP contribution is 2.29. The number of piperidine rings is 1. The summed E-state index contributed by atoms with van der Waals surface area (Å²) >= 11 is 0. The van der Waals surface area contributed by atoms with Crippen molar-refractivity contribution >= 4 is 22.6 Å². The van der Waals surface area contributed by atoms with Crippen molar-refractivity contribution in [3.63, 3.8) is 0 Å². The summed E-state index contributed by atoms with van der Waals surface area (Å²) in [5, 5.41) is 7.70. The van der Waals surface area contributed by atoms with Gasteiger partial charge in [-0.3, -0.25) is 14.6 Å². The monoisotopic (exact) mass is 494 g/mol. The summed E-state index contributed by atoms with van der Waals surface area (Å²) in [5.74, 6) is 0.0518. The lowest BCUT2D eigenvalue weighted by molar-refractivity contribution is -0.136. The molecule has 3 N–H and O–H groups in total. The molecule has 1 atom stereocenters. The standard InChI is InChI=1S/C27H35FN6O2/c1-29-24(35)7-5-3-4-6-22(33-26(36)27(28)11-14-34(2)15-12-27)25-31-18-23(32-25)20-9-8-19-10-13-30-17-21(19)16-20/h8-10,13,16-18,22H,3-7,11-12,14-15H2,1-2H3,(H,29,35)(H,31,32)(H,33,36)/t22-/m0/s1. The highest BCUT2D eigenvalue weighted by Gasteiger charge is 2.42. The molecule has 192 valence electrons. The van der Waals surface area contributed by atoms with Crippen LogP contribution in [0.4, 0.5) is 4.39 Å². The maximum absolute atomic E-state index is 15.5. The Bertz CT molecular complexity index is 1190. The van der Waals surface area contributed by atoms with E-state index >= 15 is 4.39 Å². The van der Waals surface area contributed by atoms with Gasteiger partial charge in [-0.25, -0.2) is 9.37 Å². The number of H-pyrrole nitrogens is 1. The van der Waals surface area contributed by atoms with E-state index < -0.39 is 17.6 Å². The van der Waals surface area contributed by atoms with Crippen LogP contribution in [0.2, 0.25) is 0 Å². The van der Waals surface area contributed by atoms with Gasteiger partial charge in [0.25, 0.3) is 5.91 Å². The van der Waals surface area contributed by atoms with Crippen molar-refractivity contribution in [2.75, 3.05) is 27.2 Å². The number of carbonyl (C=O) groups excluding carboxylic acids is 2. The molecule has 3 heterocycles. The molecule has 0 radical (unpaired) electrons. The molecule has 0 spiro atoms. The summed E-state index contributed by atoms with van der Waals surface area (Å²) in [4.78, 5) is 38.7. The van der Waals surface area contributed by atoms with Crippen molar-refractivity contribution in [2.24, 2.45) is 0 Å². The Morgan fingerprint density at radius 1 is 1.14 bits per heavy atom. The molecule has 1 saturated heterocycles. The molecular weight excluding hydrogens is 459 g/mol. The first-order valence-electron chi connectivity index (χ1n) is 12.7. The van der Waals surface area contributed by atoms with Crippen molar-refractivity contribution in [3.05, 3.63) is 48.7 Å². The largest absolute Gasteiger partial charge is 0.359 e. The molecule has 0 bridgehead atoms. The van der Waals surface area contributed by atoms with Crippen LogP contribution < -0.4 is 10.6 Å². The predicted molar refractivity (Wildman–Crippen MR) is 138 cm³/mol. The number of rotatable bonds is 10. The van der Waals surface area contributed by atoms with Crippen molar-refractivity contribution in [1.29, 1.82) is 0 Å². The molecule has 2 aromatic heterocycles. The smallest absolute Gasteiger partial charge is 0.258 e. The number of alkyl halides is 1. The number of benzene rings is 1. The number of likely N-dealkylation sites (tertiary alicyclic amines) is 1. The molecule has 9 heteroatoms. The maximum atomic E-state index is 15.5. The third-order valence-electron chi connectivity index (χ3n) is 7.04. The Labute approximate surface area is 211 Å². The second-order valence-electron chi connectivity index (χ2n) is 9.69. The zero-order valence-electron chi connectivity index (χ0n) is 21.0. The molecule has 2 amide bonds. The highest BCUT2D eigenvalue weighted by atomic mass is 19.1. The van der Waals surface area contributed by atoms with Crippen LogP contribution in [-0.4, -0.2) is 64.5 Å². The fourth-order valence-electron chi connectivity index (χ4n) is 4.61. The van der Waals surface area contributed by atoms with E-state index in [2.05, 4.69) is 25.6 Å². The van der Waals surface area contributed by atoms with Gasteiger partial charge in [-0.15, -0.1) is 0 Å². The van der Waals surface area contributed by atoms with Crippen molar-refractivity contribution in [3.8, 4) is 11.3 Å². The minimum atomic E-state index is -1.87. The molecule has 1 fully saturated rings. The van der Waals surface area contributed by atoms with Gasteiger partial charge < -0.3 is 20.5 Å². The summed E-state index contributed by atoms with van der Waals surface area (Å²) in [7, 11) is 3.57. The van der Waals surface area contributed by atoms with E-state index in [9.17, 15) is 9.59 Å². The Balaban J connectivity index is 1.48. The second kappa shape index (κ2) is 11.6. The number of nitrogens with one attached hydrogen (secondary N) is 3. The number of nitrogens with zero attached hydrogens (tertiary/aromatic N) is 3. The quantitative estimate of drug-likeness (QED) is 0.371. The number of unbranched alkanes of at least 4 members (excludes halogenated alkanes) is 2. The number of aromatic amines is 1. The average Bonchev–Trinajstić information content (AvgIpc) is 3.39. The molecule has 1 aromatic carbocycles. The predicted octanol–water partition coefficient (Wildman–Crippen LogP) is 3.91. The van der Waals surface area contributed by atoms with Gasteiger partial charge in [0.15, 0.2) is 5.67 Å². The number of fused-ring (bicyclic) bond motifs is 1. The first-order chi connectivity index (χ1) is 17.4. The molecule has 0 unspecified atom stereocenters. The fourth-order valence-corrected chi connectivity index (χ4v) is 4.61. The van der Waals surface area contributed by atoms with Crippen LogP contribution in [-0.2, 0) is 9.59 Å². The Kier molecular flexibility index (Phi) is 8.30. The Morgan fingerprint density at radius 3 is 2.72 bits per heavy atom. The minimum absolute atomic E-state index is 0.0164. The average molecular weight is 495 g/mol. The van der Waals surface area contributed by atoms with Gasteiger partial charge in [0.1, 0.15) is 5.82 Å². The van der Waals surface area contributed by atoms with E-state index in [1.807, 2.05) is 42.4 Å². The van der Waals surface area contributed by atoms with E-state index in [-0.39, 0.29) is 18.7 Å². The maximum Gasteiger partial charge on any atom is 0.258 e. The van der Waals surface area contributed by atoms with Crippen LogP contribution in [0.3, 0.4) is 0 Å². The molecule has 0 saturated carbocycles. The second-order valence-corrected chi connectivity index (χ2v) is 9.69. The summed E-state index contributed by atoms with van der Waals surface area (Å²) < 4.78 is 15.5. The molecule has 36 heavy (non-hydrogen) atoms. The van der Waals surface area contributed by atoms with Crippen molar-refractivity contribution < 1.29 is 14.0 Å². The van der Waals surface area contributed by atoms with Crippen LogP contribution in [0.15, 0.2) is 42.9 Å². The third-order valence-corrected chi connectivity index (χ3v) is 7.04. The zero-order valence-corrected chi connectivity index (χ0v) is 21.0. The van der Waals surface area contributed by atoms with E-state index in [1.165, 1.54) is 0 Å². The number of halogens is 1. The number of carbonyl (C=O) groups is 2. The summed E-state index contributed by atoms with van der Waals surface area (Å²) in [5.41, 5.74) is -0.0869.